The molecule has 6 rings (SSSR count). The molecule has 2 bridgehead atoms. The Kier molecular flexibility index (Phi) is 11.3. The monoisotopic (exact) mass is 782 g/mol. The van der Waals surface area contributed by atoms with E-state index < -0.39 is 92.7 Å². The van der Waals surface area contributed by atoms with Gasteiger partial charge in [-0.25, -0.2) is 14.4 Å². The first kappa shape index (κ1) is 41.4. The number of carbonyl (C=O) groups is 4. The number of benzene rings is 1. The number of methoxy groups -OCH3 is 2. The normalized spacial score (nSPS) is 37.5. The molecule has 304 valence electrons. The average Bonchev–Trinajstić information content (AvgIpc) is 3.43. The predicted octanol–water partition coefficient (Wildman–Crippen LogP) is 8.59. The molecular formula is C44H53F3O9. The molecule has 0 amide bonds. The lowest BCUT2D eigenvalue weighted by Gasteiger charge is -2.55. The first-order chi connectivity index (χ1) is 26.5. The summed E-state index contributed by atoms with van der Waals surface area (Å²) in [7, 11) is 2.12. The maximum Gasteiger partial charge on any atom is 0.432 e. The summed E-state index contributed by atoms with van der Waals surface area (Å²) in [5.74, 6) is -6.59. The molecule has 4 aliphatic carbocycles. The van der Waals surface area contributed by atoms with Crippen LogP contribution in [0.2, 0.25) is 0 Å². The summed E-state index contributed by atoms with van der Waals surface area (Å²) < 4.78 is 67.3. The quantitative estimate of drug-likeness (QED) is 0.125. The van der Waals surface area contributed by atoms with Gasteiger partial charge in [-0.3, -0.25) is 4.79 Å². The van der Waals surface area contributed by atoms with E-state index in [-0.39, 0.29) is 24.7 Å². The largest absolute Gasteiger partial charge is 0.511 e. The van der Waals surface area contributed by atoms with Gasteiger partial charge in [0.05, 0.1) is 12.5 Å². The second kappa shape index (κ2) is 15.3. The molecule has 2 fully saturated rings. The third kappa shape index (κ3) is 6.16. The van der Waals surface area contributed by atoms with Crippen molar-refractivity contribution in [1.82, 2.24) is 0 Å². The van der Waals surface area contributed by atoms with Crippen molar-refractivity contribution in [2.45, 2.75) is 109 Å². The molecule has 9 nitrogen and oxygen atoms in total. The molecule has 1 N–H and O–H groups in total. The van der Waals surface area contributed by atoms with Crippen LogP contribution in [-0.2, 0) is 43.7 Å². The van der Waals surface area contributed by atoms with Crippen molar-refractivity contribution >= 4 is 23.7 Å². The van der Waals surface area contributed by atoms with Crippen molar-refractivity contribution in [3.8, 4) is 0 Å². The van der Waals surface area contributed by atoms with Crippen LogP contribution in [0.15, 0.2) is 77.6 Å². The molecule has 1 heterocycles. The molecular weight excluding hydrogens is 729 g/mol. The smallest absolute Gasteiger partial charge is 0.432 e. The van der Waals surface area contributed by atoms with Crippen LogP contribution in [0.4, 0.5) is 13.2 Å². The van der Waals surface area contributed by atoms with Crippen LogP contribution in [0.3, 0.4) is 0 Å². The number of halogens is 3. The van der Waals surface area contributed by atoms with E-state index in [0.29, 0.717) is 37.7 Å². The number of Topliss-reactive ketones (excluding diaryl/α,β-unsaturated/α-hetero) is 1. The number of carbonyl (C=O) groups excluding carboxylic acids is 4. The van der Waals surface area contributed by atoms with Crippen molar-refractivity contribution in [2.75, 3.05) is 14.2 Å². The molecule has 1 saturated heterocycles. The summed E-state index contributed by atoms with van der Waals surface area (Å²) in [4.78, 5) is 56.3. The molecule has 0 aromatic heterocycles. The number of ether oxygens (including phenoxy) is 4. The van der Waals surface area contributed by atoms with Gasteiger partial charge >= 0.3 is 24.1 Å². The van der Waals surface area contributed by atoms with Gasteiger partial charge in [0.15, 0.2) is 5.60 Å². The highest BCUT2D eigenvalue weighted by Gasteiger charge is 2.68. The fourth-order valence-corrected chi connectivity index (χ4v) is 10.7. The zero-order valence-electron chi connectivity index (χ0n) is 32.9. The summed E-state index contributed by atoms with van der Waals surface area (Å²) in [6.07, 6.45) is 7.38. The van der Waals surface area contributed by atoms with E-state index in [0.717, 1.165) is 20.0 Å². The molecule has 2 unspecified atom stereocenters. The van der Waals surface area contributed by atoms with Crippen molar-refractivity contribution < 1.29 is 56.4 Å². The predicted molar refractivity (Wildman–Crippen MR) is 199 cm³/mol. The minimum Gasteiger partial charge on any atom is -0.511 e. The lowest BCUT2D eigenvalue weighted by molar-refractivity contribution is -0.280. The molecule has 56 heavy (non-hydrogen) atoms. The average molecular weight is 783 g/mol. The number of allylic oxidation sites excluding steroid dienone is 3. The van der Waals surface area contributed by atoms with Crippen LogP contribution in [0.5, 0.6) is 0 Å². The Bertz CT molecular complexity index is 1850. The molecule has 0 radical (unpaired) electrons. The van der Waals surface area contributed by atoms with Crippen LogP contribution in [0.1, 0.15) is 91.0 Å². The number of esters is 3. The molecule has 1 spiro atoms. The third-order valence-corrected chi connectivity index (χ3v) is 13.8. The summed E-state index contributed by atoms with van der Waals surface area (Å²) in [5.41, 5.74) is -8.12. The van der Waals surface area contributed by atoms with Crippen molar-refractivity contribution in [3.05, 3.63) is 83.2 Å². The molecule has 10 atom stereocenters. The number of aliphatic hydroxyl groups is 1. The highest BCUT2D eigenvalue weighted by atomic mass is 19.4. The Morgan fingerprint density at radius 2 is 1.73 bits per heavy atom. The van der Waals surface area contributed by atoms with Gasteiger partial charge in [-0.05, 0) is 75.5 Å². The molecule has 12 heteroatoms. The number of hydrogen-bond acceptors (Lipinski definition) is 9. The van der Waals surface area contributed by atoms with E-state index in [1.807, 2.05) is 45.1 Å². The fraction of sp³-hybridized carbons (Fsp3) is 0.591. The van der Waals surface area contributed by atoms with Crippen molar-refractivity contribution in [3.63, 3.8) is 0 Å². The molecule has 1 aromatic rings. The van der Waals surface area contributed by atoms with Gasteiger partial charge in [0.25, 0.3) is 5.60 Å². The number of hydrogen-bond donors (Lipinski definition) is 1. The zero-order chi connectivity index (χ0) is 40.8. The summed E-state index contributed by atoms with van der Waals surface area (Å²) >= 11 is 0. The van der Waals surface area contributed by atoms with E-state index >= 15 is 4.79 Å². The van der Waals surface area contributed by atoms with Crippen molar-refractivity contribution in [1.29, 1.82) is 0 Å². The summed E-state index contributed by atoms with van der Waals surface area (Å²) in [5, 5.41) is 12.7. The van der Waals surface area contributed by atoms with E-state index in [2.05, 4.69) is 0 Å². The molecule has 1 aromatic carbocycles. The fourth-order valence-electron chi connectivity index (χ4n) is 10.7. The van der Waals surface area contributed by atoms with Gasteiger partial charge in [-0.1, -0.05) is 87.9 Å². The summed E-state index contributed by atoms with van der Waals surface area (Å²) in [6, 6.07) is 6.66. The highest BCUT2D eigenvalue weighted by molar-refractivity contribution is 6.26. The Morgan fingerprint density at radius 3 is 2.36 bits per heavy atom. The number of fused-ring (bicyclic) bond motifs is 4. The van der Waals surface area contributed by atoms with E-state index in [1.165, 1.54) is 37.4 Å². The van der Waals surface area contributed by atoms with Crippen LogP contribution < -0.4 is 0 Å². The van der Waals surface area contributed by atoms with Gasteiger partial charge in [0.1, 0.15) is 17.4 Å². The number of ketones is 1. The Labute approximate surface area is 326 Å². The maximum atomic E-state index is 15.1. The number of aliphatic hydroxyl groups excluding tert-OH is 1. The third-order valence-electron chi connectivity index (χ3n) is 13.8. The second-order valence-corrected chi connectivity index (χ2v) is 16.4. The summed E-state index contributed by atoms with van der Waals surface area (Å²) in [6.45, 7) is 7.31. The zero-order valence-corrected chi connectivity index (χ0v) is 32.9. The van der Waals surface area contributed by atoms with Crippen LogP contribution >= 0.6 is 0 Å². The Hall–Kier alpha value is -4.19. The van der Waals surface area contributed by atoms with Crippen LogP contribution in [-0.4, -0.2) is 60.9 Å². The highest BCUT2D eigenvalue weighted by Crippen LogP contribution is 2.61. The molecule has 5 aliphatic rings. The van der Waals surface area contributed by atoms with E-state index in [9.17, 15) is 32.7 Å². The van der Waals surface area contributed by atoms with Crippen LogP contribution in [0, 0.1) is 40.4 Å². The van der Waals surface area contributed by atoms with Crippen LogP contribution in [0.25, 0.3) is 0 Å². The first-order valence-electron chi connectivity index (χ1n) is 19.8. The van der Waals surface area contributed by atoms with E-state index in [1.54, 1.807) is 13.0 Å². The lowest BCUT2D eigenvalue weighted by Crippen LogP contribution is -2.56. The minimum absolute atomic E-state index is 0.00144. The van der Waals surface area contributed by atoms with Gasteiger partial charge in [0, 0.05) is 36.0 Å². The Balaban J connectivity index is 1.48. The minimum atomic E-state index is -5.17. The number of alkyl halides is 3. The maximum absolute atomic E-state index is 15.1. The lowest BCUT2D eigenvalue weighted by atomic mass is 9.50. The van der Waals surface area contributed by atoms with E-state index in [4.69, 9.17) is 18.9 Å². The van der Waals surface area contributed by atoms with Gasteiger partial charge in [-0.2, -0.15) is 13.2 Å². The standard InChI is InChI=1S/C44H53F3O9/c1-7-27-24-42-36(49)33(38(51)56-42)35(48)41(8-2)28(16-12-9-10-15-23-40(42,4)25-31(27)37(50)53-5)20-21-30-32(41)22-19-26(3)34(30)55-39(52)43(54-6,44(45,46)47)29-17-13-11-14-18-29/h11,13-15,17-18,20-21,23,25-28,30,32,34,48H,7-10,12,16,19,22,24H2,1-6H3/b23-15+,35-33+/t26-,27-,28+,30?,32?,34-,40-,41+,42+,43+/m0/s1. The topological polar surface area (TPSA) is 125 Å². The van der Waals surface area contributed by atoms with Gasteiger partial charge < -0.3 is 24.1 Å². The van der Waals surface area contributed by atoms with Crippen molar-refractivity contribution in [2.24, 2.45) is 40.4 Å². The molecule has 1 saturated carbocycles. The number of rotatable bonds is 7. The second-order valence-electron chi connectivity index (χ2n) is 16.4. The Morgan fingerprint density at radius 1 is 1.02 bits per heavy atom. The van der Waals surface area contributed by atoms with Gasteiger partial charge in [-0.15, -0.1) is 0 Å². The molecule has 1 aliphatic heterocycles. The first-order valence-corrected chi connectivity index (χ1v) is 19.8. The SMILES string of the molecule is CC[C@H]1C[C@]23OC(=O)/C(=C(/O)[C@@]4(CC)C5CC[C@H](C)[C@H](OC(=O)[C@](OC)(c6ccccc6)C(F)(F)F)C5C=C[C@H]4CCCC/C=C/[C@@]2(C)C=C1C(=O)OC)C3=O. The van der Waals surface area contributed by atoms with Gasteiger partial charge in [0.2, 0.25) is 5.78 Å².